The van der Waals surface area contributed by atoms with E-state index < -0.39 is 0 Å². The van der Waals surface area contributed by atoms with Crippen LogP contribution in [-0.4, -0.2) is 54.2 Å². The SMILES string of the molecule is CC(C)COC(=O)C1CCC(NC(=O)N2CCC(c3nc4c(s3)CNCC4)CC2)CC1.Cl. The first-order valence-electron chi connectivity index (χ1n) is 11.9. The van der Waals surface area contributed by atoms with E-state index in [4.69, 9.17) is 9.72 Å². The Balaban J connectivity index is 0.00000289. The lowest BCUT2D eigenvalue weighted by atomic mass is 9.86. The van der Waals surface area contributed by atoms with Gasteiger partial charge >= 0.3 is 12.0 Å². The molecule has 2 N–H and O–H groups in total. The summed E-state index contributed by atoms with van der Waals surface area (Å²) in [6.07, 6.45) is 6.31. The van der Waals surface area contributed by atoms with Gasteiger partial charge in [0.2, 0.25) is 0 Å². The number of aromatic nitrogens is 1. The van der Waals surface area contributed by atoms with Gasteiger partial charge in [0.05, 0.1) is 23.2 Å². The normalized spacial score (nSPS) is 23.9. The number of hydrogen-bond acceptors (Lipinski definition) is 6. The van der Waals surface area contributed by atoms with Crippen molar-refractivity contribution in [3.8, 4) is 0 Å². The lowest BCUT2D eigenvalue weighted by Crippen LogP contribution is -2.48. The molecule has 2 amide bonds. The van der Waals surface area contributed by atoms with Gasteiger partial charge in [0, 0.05) is 49.4 Å². The zero-order chi connectivity index (χ0) is 21.8. The minimum absolute atomic E-state index is 0. The smallest absolute Gasteiger partial charge is 0.317 e. The first-order valence-corrected chi connectivity index (χ1v) is 12.7. The molecule has 4 rings (SSSR count). The van der Waals surface area contributed by atoms with Crippen LogP contribution in [0.25, 0.3) is 0 Å². The van der Waals surface area contributed by atoms with E-state index in [9.17, 15) is 9.59 Å². The van der Waals surface area contributed by atoms with Crippen molar-refractivity contribution in [2.45, 2.75) is 77.3 Å². The molecule has 2 fully saturated rings. The van der Waals surface area contributed by atoms with Crippen molar-refractivity contribution in [2.75, 3.05) is 26.2 Å². The number of fused-ring (bicyclic) bond motifs is 1. The molecule has 2 aliphatic heterocycles. The first kappa shape index (κ1) is 25.2. The molecular weight excluding hydrogens is 448 g/mol. The van der Waals surface area contributed by atoms with Crippen LogP contribution in [0.1, 0.15) is 73.9 Å². The predicted molar refractivity (Wildman–Crippen MR) is 128 cm³/mol. The van der Waals surface area contributed by atoms with Crippen molar-refractivity contribution in [3.63, 3.8) is 0 Å². The van der Waals surface area contributed by atoms with E-state index in [-0.39, 0.29) is 36.4 Å². The molecule has 1 aromatic heterocycles. The summed E-state index contributed by atoms with van der Waals surface area (Å²) in [5.74, 6) is 0.760. The monoisotopic (exact) mass is 484 g/mol. The zero-order valence-electron chi connectivity index (χ0n) is 19.2. The highest BCUT2D eigenvalue weighted by Crippen LogP contribution is 2.34. The largest absolute Gasteiger partial charge is 0.465 e. The molecule has 32 heavy (non-hydrogen) atoms. The summed E-state index contributed by atoms with van der Waals surface area (Å²) in [5.41, 5.74) is 1.28. The molecule has 0 bridgehead atoms. The summed E-state index contributed by atoms with van der Waals surface area (Å²) < 4.78 is 5.39. The fourth-order valence-electron chi connectivity index (χ4n) is 4.76. The number of nitrogens with one attached hydrogen (secondary N) is 2. The Morgan fingerprint density at radius 2 is 1.91 bits per heavy atom. The Bertz CT molecular complexity index is 748. The number of halogens is 1. The minimum atomic E-state index is -0.0693. The molecule has 3 aliphatic rings. The van der Waals surface area contributed by atoms with Gasteiger partial charge in [0.1, 0.15) is 0 Å². The van der Waals surface area contributed by atoms with Crippen LogP contribution in [0.5, 0.6) is 0 Å². The summed E-state index contributed by atoms with van der Waals surface area (Å²) in [4.78, 5) is 33.2. The van der Waals surface area contributed by atoms with Crippen LogP contribution < -0.4 is 10.6 Å². The highest BCUT2D eigenvalue weighted by atomic mass is 35.5. The third-order valence-corrected chi connectivity index (χ3v) is 7.96. The lowest BCUT2D eigenvalue weighted by molar-refractivity contribution is -0.150. The number of piperidine rings is 1. The van der Waals surface area contributed by atoms with E-state index in [1.165, 1.54) is 15.6 Å². The second-order valence-electron chi connectivity index (χ2n) is 9.63. The summed E-state index contributed by atoms with van der Waals surface area (Å²) in [5, 5.41) is 7.89. The quantitative estimate of drug-likeness (QED) is 0.620. The number of carbonyl (C=O) groups excluding carboxylic acids is 2. The molecule has 1 aliphatic carbocycles. The summed E-state index contributed by atoms with van der Waals surface area (Å²) in [7, 11) is 0. The van der Waals surface area contributed by atoms with Gasteiger partial charge in [-0.05, 0) is 44.4 Å². The highest BCUT2D eigenvalue weighted by molar-refractivity contribution is 7.11. The van der Waals surface area contributed by atoms with Crippen LogP contribution in [0.4, 0.5) is 4.79 Å². The molecule has 0 spiro atoms. The highest BCUT2D eigenvalue weighted by Gasteiger charge is 2.31. The van der Waals surface area contributed by atoms with Gasteiger partial charge in [-0.15, -0.1) is 23.7 Å². The number of nitrogens with zero attached hydrogens (tertiary/aromatic N) is 2. The van der Waals surface area contributed by atoms with Gasteiger partial charge in [-0.3, -0.25) is 4.79 Å². The van der Waals surface area contributed by atoms with E-state index in [1.807, 2.05) is 30.1 Å². The Morgan fingerprint density at radius 3 is 2.56 bits per heavy atom. The van der Waals surface area contributed by atoms with Gasteiger partial charge < -0.3 is 20.3 Å². The number of urea groups is 1. The van der Waals surface area contributed by atoms with Crippen molar-refractivity contribution in [1.82, 2.24) is 20.5 Å². The van der Waals surface area contributed by atoms with E-state index >= 15 is 0 Å². The minimum Gasteiger partial charge on any atom is -0.465 e. The number of esters is 1. The second kappa shape index (κ2) is 11.7. The molecule has 1 aromatic rings. The molecule has 0 atom stereocenters. The molecule has 0 unspecified atom stereocenters. The Hall–Kier alpha value is -1.38. The number of likely N-dealkylation sites (tertiary alicyclic amines) is 1. The van der Waals surface area contributed by atoms with E-state index in [1.54, 1.807) is 0 Å². The van der Waals surface area contributed by atoms with Crippen molar-refractivity contribution in [2.24, 2.45) is 11.8 Å². The molecule has 1 saturated carbocycles. The van der Waals surface area contributed by atoms with Gasteiger partial charge in [-0.2, -0.15) is 0 Å². The zero-order valence-corrected chi connectivity index (χ0v) is 20.9. The summed E-state index contributed by atoms with van der Waals surface area (Å²) in [6, 6.07) is 0.212. The summed E-state index contributed by atoms with van der Waals surface area (Å²) >= 11 is 1.86. The third-order valence-electron chi connectivity index (χ3n) is 6.70. The summed E-state index contributed by atoms with van der Waals surface area (Å²) in [6.45, 7) is 8.13. The maximum atomic E-state index is 12.8. The Labute approximate surface area is 201 Å². The molecule has 180 valence electrons. The Morgan fingerprint density at radius 1 is 1.19 bits per heavy atom. The van der Waals surface area contributed by atoms with Crippen LogP contribution in [0.15, 0.2) is 0 Å². The molecule has 0 radical (unpaired) electrons. The van der Waals surface area contributed by atoms with Crippen molar-refractivity contribution in [1.29, 1.82) is 0 Å². The van der Waals surface area contributed by atoms with Gasteiger partial charge in [0.25, 0.3) is 0 Å². The maximum absolute atomic E-state index is 12.8. The number of hydrogen-bond donors (Lipinski definition) is 2. The number of thiazole rings is 1. The van der Waals surface area contributed by atoms with Crippen LogP contribution in [0, 0.1) is 11.8 Å². The fraction of sp³-hybridized carbons (Fsp3) is 0.783. The maximum Gasteiger partial charge on any atom is 0.317 e. The second-order valence-corrected chi connectivity index (χ2v) is 10.7. The topological polar surface area (TPSA) is 83.6 Å². The van der Waals surface area contributed by atoms with Crippen LogP contribution in [0.2, 0.25) is 0 Å². The lowest BCUT2D eigenvalue weighted by Gasteiger charge is -2.34. The van der Waals surface area contributed by atoms with Crippen molar-refractivity contribution >= 4 is 35.7 Å². The van der Waals surface area contributed by atoms with Crippen molar-refractivity contribution < 1.29 is 14.3 Å². The van der Waals surface area contributed by atoms with E-state index in [0.29, 0.717) is 18.4 Å². The standard InChI is InChI=1S/C23H36N4O3S.ClH/c1-15(2)14-30-22(28)17-3-5-18(6-4-17)25-23(29)27-11-8-16(9-12-27)21-26-19-7-10-24-13-20(19)31-21;/h15-18,24H,3-14H2,1-2H3,(H,25,29);1H. The number of rotatable bonds is 5. The molecule has 7 nitrogen and oxygen atoms in total. The molecule has 1 saturated heterocycles. The number of carbonyl (C=O) groups is 2. The number of amides is 2. The Kier molecular flexibility index (Phi) is 9.20. The van der Waals surface area contributed by atoms with Crippen LogP contribution in [-0.2, 0) is 22.5 Å². The van der Waals surface area contributed by atoms with Crippen molar-refractivity contribution in [3.05, 3.63) is 15.6 Å². The average Bonchev–Trinajstić information content (AvgIpc) is 3.22. The van der Waals surface area contributed by atoms with Gasteiger partial charge in [-0.1, -0.05) is 13.8 Å². The van der Waals surface area contributed by atoms with E-state index in [0.717, 1.165) is 71.1 Å². The molecule has 9 heteroatoms. The fourth-order valence-corrected chi connectivity index (χ4v) is 6.01. The van der Waals surface area contributed by atoms with Crippen LogP contribution >= 0.6 is 23.7 Å². The van der Waals surface area contributed by atoms with Gasteiger partial charge in [0.15, 0.2) is 0 Å². The first-order chi connectivity index (χ1) is 15.0. The predicted octanol–water partition coefficient (Wildman–Crippen LogP) is 3.86. The average molecular weight is 485 g/mol. The molecule has 3 heterocycles. The van der Waals surface area contributed by atoms with E-state index in [2.05, 4.69) is 10.6 Å². The molecular formula is C23H37ClN4O3S. The van der Waals surface area contributed by atoms with Crippen LogP contribution in [0.3, 0.4) is 0 Å². The number of ether oxygens (including phenoxy) is 1. The molecule has 0 aromatic carbocycles. The third kappa shape index (κ3) is 6.35. The van der Waals surface area contributed by atoms with Gasteiger partial charge in [-0.25, -0.2) is 9.78 Å².